The van der Waals surface area contributed by atoms with Crippen LogP contribution in [0.15, 0.2) is 12.3 Å². The maximum atomic E-state index is 6.15. The second-order valence-electron chi connectivity index (χ2n) is 3.40. The monoisotopic (exact) mass is 393 g/mol. The highest BCUT2D eigenvalue weighted by atomic mass is 35.5. The maximum Gasteiger partial charge on any atom is 0.138 e. The van der Waals surface area contributed by atoms with E-state index in [0.717, 1.165) is 0 Å². The molecule has 0 saturated carbocycles. The van der Waals surface area contributed by atoms with Crippen LogP contribution in [-0.4, -0.2) is 4.98 Å². The molecule has 1 nitrogen and oxygen atoms in total. The molecular formula is C11H2Cl7N. The molecule has 1 aromatic carbocycles. The summed E-state index contributed by atoms with van der Waals surface area (Å²) >= 11 is 42.3. The number of hydrogen-bond acceptors (Lipinski definition) is 1. The first-order valence-corrected chi connectivity index (χ1v) is 7.32. The molecule has 1 aromatic heterocycles. The first-order chi connectivity index (χ1) is 8.86. The van der Waals surface area contributed by atoms with Gasteiger partial charge in [0.05, 0.1) is 30.1 Å². The van der Waals surface area contributed by atoms with Gasteiger partial charge in [-0.15, -0.1) is 0 Å². The van der Waals surface area contributed by atoms with E-state index in [9.17, 15) is 0 Å². The third kappa shape index (κ3) is 2.75. The van der Waals surface area contributed by atoms with E-state index in [1.165, 1.54) is 6.20 Å². The van der Waals surface area contributed by atoms with Crippen LogP contribution in [0.2, 0.25) is 35.3 Å². The van der Waals surface area contributed by atoms with Crippen LogP contribution in [0.4, 0.5) is 0 Å². The Morgan fingerprint density at radius 1 is 0.632 bits per heavy atom. The van der Waals surface area contributed by atoms with Crippen LogP contribution >= 0.6 is 81.2 Å². The Labute approximate surface area is 144 Å². The average molecular weight is 396 g/mol. The maximum absolute atomic E-state index is 6.15. The molecule has 8 heteroatoms. The van der Waals surface area contributed by atoms with Crippen molar-refractivity contribution < 1.29 is 0 Å². The largest absolute Gasteiger partial charge is 0.244 e. The Hall–Kier alpha value is 0.400. The van der Waals surface area contributed by atoms with Crippen molar-refractivity contribution in [1.82, 2.24) is 4.98 Å². The summed E-state index contributed by atoms with van der Waals surface area (Å²) in [7, 11) is 0. The molecular weight excluding hydrogens is 394 g/mol. The molecule has 0 aliphatic heterocycles. The number of aromatic nitrogens is 1. The molecule has 0 atom stereocenters. The minimum atomic E-state index is 0.0678. The fourth-order valence-electron chi connectivity index (χ4n) is 1.46. The summed E-state index contributed by atoms with van der Waals surface area (Å²) in [5.41, 5.74) is 0.645. The lowest BCUT2D eigenvalue weighted by atomic mass is 10.1. The fraction of sp³-hybridized carbons (Fsp3) is 0. The van der Waals surface area contributed by atoms with E-state index in [1.807, 2.05) is 0 Å². The van der Waals surface area contributed by atoms with Gasteiger partial charge in [-0.1, -0.05) is 81.2 Å². The van der Waals surface area contributed by atoms with E-state index >= 15 is 0 Å². The topological polar surface area (TPSA) is 12.9 Å². The summed E-state index contributed by atoms with van der Waals surface area (Å²) in [4.78, 5) is 3.92. The zero-order valence-corrected chi connectivity index (χ0v) is 14.0. The molecule has 0 fully saturated rings. The minimum absolute atomic E-state index is 0.0678. The molecule has 19 heavy (non-hydrogen) atoms. The van der Waals surface area contributed by atoms with Crippen molar-refractivity contribution in [1.29, 1.82) is 0 Å². The summed E-state index contributed by atoms with van der Waals surface area (Å²) in [5, 5.41) is 0.880. The predicted octanol–water partition coefficient (Wildman–Crippen LogP) is 7.32. The molecule has 0 amide bonds. The van der Waals surface area contributed by atoms with Crippen LogP contribution in [0, 0.1) is 0 Å². The molecule has 0 aliphatic carbocycles. The Morgan fingerprint density at radius 3 is 1.58 bits per heavy atom. The van der Waals surface area contributed by atoms with Gasteiger partial charge in [-0.05, 0) is 6.07 Å². The molecule has 0 saturated heterocycles. The summed E-state index contributed by atoms with van der Waals surface area (Å²) < 4.78 is 0. The predicted molar refractivity (Wildman–Crippen MR) is 84.7 cm³/mol. The molecule has 100 valence electrons. The molecule has 0 N–H and O–H groups in total. The van der Waals surface area contributed by atoms with Crippen molar-refractivity contribution in [2.45, 2.75) is 0 Å². The molecule has 0 bridgehead atoms. The van der Waals surface area contributed by atoms with Crippen LogP contribution in [-0.2, 0) is 0 Å². The van der Waals surface area contributed by atoms with Crippen LogP contribution in [0.25, 0.3) is 11.1 Å². The molecule has 0 spiro atoms. The van der Waals surface area contributed by atoms with Crippen LogP contribution in [0.3, 0.4) is 0 Å². The van der Waals surface area contributed by atoms with Crippen LogP contribution in [0.5, 0.6) is 0 Å². The Morgan fingerprint density at radius 2 is 1.11 bits per heavy atom. The smallest absolute Gasteiger partial charge is 0.138 e. The van der Waals surface area contributed by atoms with Gasteiger partial charge in [0.2, 0.25) is 0 Å². The molecule has 2 aromatic rings. The highest BCUT2D eigenvalue weighted by Gasteiger charge is 2.23. The first-order valence-electron chi connectivity index (χ1n) is 4.68. The second-order valence-corrected chi connectivity index (χ2v) is 6.06. The number of hydrogen-bond donors (Lipinski definition) is 0. The first kappa shape index (κ1) is 15.8. The lowest BCUT2D eigenvalue weighted by Gasteiger charge is -2.14. The van der Waals surface area contributed by atoms with Gasteiger partial charge in [-0.25, -0.2) is 4.98 Å². The fourth-order valence-corrected chi connectivity index (χ4v) is 3.33. The van der Waals surface area contributed by atoms with Crippen molar-refractivity contribution in [3.8, 4) is 11.1 Å². The van der Waals surface area contributed by atoms with Crippen molar-refractivity contribution in [3.05, 3.63) is 47.6 Å². The van der Waals surface area contributed by atoms with Crippen molar-refractivity contribution in [2.75, 3.05) is 0 Å². The van der Waals surface area contributed by atoms with E-state index in [4.69, 9.17) is 81.2 Å². The summed E-state index contributed by atoms with van der Waals surface area (Å²) in [5.74, 6) is 0. The highest BCUT2D eigenvalue weighted by molar-refractivity contribution is 6.57. The third-order valence-corrected chi connectivity index (χ3v) is 5.19. The number of benzene rings is 1. The molecule has 1 heterocycles. The van der Waals surface area contributed by atoms with E-state index in [2.05, 4.69) is 4.98 Å². The zero-order chi connectivity index (χ0) is 14.3. The zero-order valence-electron chi connectivity index (χ0n) is 8.75. The summed E-state index contributed by atoms with van der Waals surface area (Å²) in [6, 6.07) is 1.55. The number of rotatable bonds is 1. The molecule has 0 radical (unpaired) electrons. The van der Waals surface area contributed by atoms with Gasteiger partial charge in [-0.2, -0.15) is 0 Å². The van der Waals surface area contributed by atoms with E-state index in [-0.39, 0.29) is 30.3 Å². The minimum Gasteiger partial charge on any atom is -0.244 e. The average Bonchev–Trinajstić information content (AvgIpc) is 2.37. The molecule has 0 unspecified atom stereocenters. The lowest BCUT2D eigenvalue weighted by Crippen LogP contribution is -1.90. The number of halogens is 7. The normalized spacial score (nSPS) is 10.9. The van der Waals surface area contributed by atoms with E-state index < -0.39 is 0 Å². The lowest BCUT2D eigenvalue weighted by molar-refractivity contribution is 1.33. The summed E-state index contributed by atoms with van der Waals surface area (Å²) in [6.07, 6.45) is 1.45. The van der Waals surface area contributed by atoms with Gasteiger partial charge in [0, 0.05) is 17.3 Å². The Balaban J connectivity index is 2.92. The van der Waals surface area contributed by atoms with Gasteiger partial charge >= 0.3 is 0 Å². The van der Waals surface area contributed by atoms with Crippen molar-refractivity contribution in [3.63, 3.8) is 0 Å². The van der Waals surface area contributed by atoms with Gasteiger partial charge in [-0.3, -0.25) is 0 Å². The van der Waals surface area contributed by atoms with E-state index in [1.54, 1.807) is 6.07 Å². The summed E-state index contributed by atoms with van der Waals surface area (Å²) in [6.45, 7) is 0. The second kappa shape index (κ2) is 6.03. The highest BCUT2D eigenvalue weighted by Crippen LogP contribution is 2.50. The van der Waals surface area contributed by atoms with Gasteiger partial charge in [0.1, 0.15) is 5.15 Å². The quantitative estimate of drug-likeness (QED) is 0.280. The van der Waals surface area contributed by atoms with Crippen LogP contribution < -0.4 is 0 Å². The SMILES string of the molecule is Clc1ccnc(Cl)c1-c1c(Cl)c(Cl)c(Cl)c(Cl)c1Cl. The van der Waals surface area contributed by atoms with Gasteiger partial charge in [0.15, 0.2) is 0 Å². The number of pyridine rings is 1. The van der Waals surface area contributed by atoms with Gasteiger partial charge < -0.3 is 0 Å². The Bertz CT molecular complexity index is 619. The Kier molecular flexibility index (Phi) is 5.01. The molecule has 0 aliphatic rings. The van der Waals surface area contributed by atoms with Crippen LogP contribution in [0.1, 0.15) is 0 Å². The standard InChI is InChI=1S/C11H2Cl7N/c12-3-1-2-19-11(18)4(3)5-6(13)8(15)10(17)9(16)7(5)14/h1-2H. The molecule has 2 rings (SSSR count). The van der Waals surface area contributed by atoms with E-state index in [0.29, 0.717) is 16.1 Å². The van der Waals surface area contributed by atoms with Gasteiger partial charge in [0.25, 0.3) is 0 Å². The number of nitrogens with zero attached hydrogens (tertiary/aromatic N) is 1. The van der Waals surface area contributed by atoms with Crippen molar-refractivity contribution in [2.24, 2.45) is 0 Å². The van der Waals surface area contributed by atoms with Crippen molar-refractivity contribution >= 4 is 81.2 Å². The third-order valence-electron chi connectivity index (χ3n) is 2.31.